The van der Waals surface area contributed by atoms with Crippen LogP contribution in [0.2, 0.25) is 0 Å². The zero-order chi connectivity index (χ0) is 17.6. The van der Waals surface area contributed by atoms with Crippen LogP contribution < -0.4 is 5.32 Å². The molecule has 0 aliphatic rings. The lowest BCUT2D eigenvalue weighted by molar-refractivity contribution is 0.634. The van der Waals surface area contributed by atoms with Gasteiger partial charge in [0.25, 0.3) is 0 Å². The summed E-state index contributed by atoms with van der Waals surface area (Å²) in [7, 11) is 0. The van der Waals surface area contributed by atoms with Crippen molar-refractivity contribution in [2.24, 2.45) is 0 Å². The zero-order valence-corrected chi connectivity index (χ0v) is 15.1. The van der Waals surface area contributed by atoms with E-state index in [1.807, 2.05) is 19.1 Å². The Morgan fingerprint density at radius 2 is 2.24 bits per heavy atom. The van der Waals surface area contributed by atoms with E-state index in [4.69, 9.17) is 0 Å². The number of pyridine rings is 1. The van der Waals surface area contributed by atoms with Gasteiger partial charge in [0.2, 0.25) is 5.95 Å². The molecule has 0 amide bonds. The molecular formula is C16H15BrN8. The molecule has 8 nitrogen and oxygen atoms in total. The number of hydrogen-bond donors (Lipinski definition) is 1. The number of halogens is 1. The van der Waals surface area contributed by atoms with Crippen molar-refractivity contribution in [3.8, 4) is 6.07 Å². The summed E-state index contributed by atoms with van der Waals surface area (Å²) in [4.78, 5) is 17.0. The average molecular weight is 399 g/mol. The van der Waals surface area contributed by atoms with Crippen LogP contribution in [0.5, 0.6) is 0 Å². The molecule has 0 saturated carbocycles. The fourth-order valence-electron chi connectivity index (χ4n) is 2.33. The van der Waals surface area contributed by atoms with Gasteiger partial charge in [0.15, 0.2) is 0 Å². The Balaban J connectivity index is 1.81. The van der Waals surface area contributed by atoms with Crippen molar-refractivity contribution < 1.29 is 0 Å². The van der Waals surface area contributed by atoms with Gasteiger partial charge in [0.05, 0.1) is 24.0 Å². The van der Waals surface area contributed by atoms with E-state index in [2.05, 4.69) is 52.4 Å². The smallest absolute Gasteiger partial charge is 0.222 e. The van der Waals surface area contributed by atoms with Crippen LogP contribution in [0, 0.1) is 18.3 Å². The standard InChI is InChI=1S/C16H15BrN8/c1-11-8-22-16(21-5-6-25-10-19-9-23-25)24-14(11)12(7-18)15-13(17)3-2-4-20-15/h2-4,8-10,12H,5-6H2,1H3,(H,21,22,24). The Morgan fingerprint density at radius 1 is 1.36 bits per heavy atom. The first-order chi connectivity index (χ1) is 12.2. The van der Waals surface area contributed by atoms with Crippen LogP contribution >= 0.6 is 15.9 Å². The average Bonchev–Trinajstić information content (AvgIpc) is 3.13. The summed E-state index contributed by atoms with van der Waals surface area (Å²) in [6, 6.07) is 5.96. The van der Waals surface area contributed by atoms with Crippen LogP contribution in [0.4, 0.5) is 5.95 Å². The maximum absolute atomic E-state index is 9.66. The molecular weight excluding hydrogens is 384 g/mol. The van der Waals surface area contributed by atoms with Gasteiger partial charge < -0.3 is 5.32 Å². The molecule has 0 saturated heterocycles. The lowest BCUT2D eigenvalue weighted by Crippen LogP contribution is -2.15. The SMILES string of the molecule is Cc1cnc(NCCn2cncn2)nc1C(C#N)c1ncccc1Br. The molecule has 0 aliphatic carbocycles. The lowest BCUT2D eigenvalue weighted by Gasteiger charge is -2.14. The fourth-order valence-corrected chi connectivity index (χ4v) is 2.81. The van der Waals surface area contributed by atoms with E-state index in [1.54, 1.807) is 23.4 Å². The van der Waals surface area contributed by atoms with Gasteiger partial charge in [0, 0.05) is 23.4 Å². The molecule has 3 heterocycles. The summed E-state index contributed by atoms with van der Waals surface area (Å²) >= 11 is 3.45. The molecule has 3 rings (SSSR count). The number of rotatable bonds is 6. The Hall–Kier alpha value is -2.86. The molecule has 0 bridgehead atoms. The summed E-state index contributed by atoms with van der Waals surface area (Å²) < 4.78 is 2.49. The van der Waals surface area contributed by atoms with Crippen LogP contribution in [0.15, 0.2) is 41.7 Å². The van der Waals surface area contributed by atoms with Crippen molar-refractivity contribution >= 4 is 21.9 Å². The largest absolute Gasteiger partial charge is 0.352 e. The van der Waals surface area contributed by atoms with Crippen LogP contribution in [-0.2, 0) is 6.54 Å². The maximum Gasteiger partial charge on any atom is 0.222 e. The lowest BCUT2D eigenvalue weighted by atomic mass is 9.99. The van der Waals surface area contributed by atoms with Crippen molar-refractivity contribution in [2.45, 2.75) is 19.4 Å². The number of nitrogens with zero attached hydrogens (tertiary/aromatic N) is 7. The highest BCUT2D eigenvalue weighted by atomic mass is 79.9. The molecule has 0 aromatic carbocycles. The molecule has 3 aromatic rings. The Bertz CT molecular complexity index is 887. The molecule has 0 fully saturated rings. The third kappa shape index (κ3) is 3.97. The Kier molecular flexibility index (Phi) is 5.30. The fraction of sp³-hybridized carbons (Fsp3) is 0.250. The number of nitrogens with one attached hydrogen (secondary N) is 1. The number of hydrogen-bond acceptors (Lipinski definition) is 7. The third-order valence-electron chi connectivity index (χ3n) is 3.56. The van der Waals surface area contributed by atoms with Gasteiger partial charge in [-0.25, -0.2) is 15.0 Å². The van der Waals surface area contributed by atoms with Crippen molar-refractivity contribution in [1.29, 1.82) is 5.26 Å². The number of aryl methyl sites for hydroxylation is 1. The summed E-state index contributed by atoms with van der Waals surface area (Å²) in [5.74, 6) is -0.109. The van der Waals surface area contributed by atoms with E-state index in [1.165, 1.54) is 6.33 Å². The minimum atomic E-state index is -0.575. The summed E-state index contributed by atoms with van der Waals surface area (Å²) in [5.41, 5.74) is 2.12. The monoisotopic (exact) mass is 398 g/mol. The minimum Gasteiger partial charge on any atom is -0.352 e. The van der Waals surface area contributed by atoms with Crippen molar-refractivity contribution in [1.82, 2.24) is 29.7 Å². The Labute approximate surface area is 153 Å². The van der Waals surface area contributed by atoms with Crippen molar-refractivity contribution in [3.05, 3.63) is 58.6 Å². The summed E-state index contributed by atoms with van der Waals surface area (Å²) in [6.45, 7) is 3.12. The van der Waals surface area contributed by atoms with Gasteiger partial charge in [-0.15, -0.1) is 0 Å². The predicted octanol–water partition coefficient (Wildman–Crippen LogP) is 2.30. The van der Waals surface area contributed by atoms with E-state index in [0.717, 1.165) is 10.0 Å². The van der Waals surface area contributed by atoms with E-state index >= 15 is 0 Å². The first-order valence-electron chi connectivity index (χ1n) is 7.59. The second kappa shape index (κ2) is 7.81. The maximum atomic E-state index is 9.66. The molecule has 9 heteroatoms. The van der Waals surface area contributed by atoms with E-state index < -0.39 is 5.92 Å². The van der Waals surface area contributed by atoms with Gasteiger partial charge in [0.1, 0.15) is 18.6 Å². The summed E-state index contributed by atoms with van der Waals surface area (Å²) in [5, 5.41) is 16.8. The summed E-state index contributed by atoms with van der Waals surface area (Å²) in [6.07, 6.45) is 6.51. The first-order valence-corrected chi connectivity index (χ1v) is 8.38. The van der Waals surface area contributed by atoms with Gasteiger partial charge in [-0.1, -0.05) is 0 Å². The van der Waals surface area contributed by atoms with Gasteiger partial charge in [-0.2, -0.15) is 10.4 Å². The van der Waals surface area contributed by atoms with Crippen LogP contribution in [0.1, 0.15) is 22.9 Å². The highest BCUT2D eigenvalue weighted by Gasteiger charge is 2.22. The Morgan fingerprint density at radius 3 is 2.96 bits per heavy atom. The third-order valence-corrected chi connectivity index (χ3v) is 4.23. The minimum absolute atomic E-state index is 0.466. The molecule has 1 N–H and O–H groups in total. The van der Waals surface area contributed by atoms with Crippen LogP contribution in [0.25, 0.3) is 0 Å². The molecule has 1 atom stereocenters. The molecule has 1 unspecified atom stereocenters. The molecule has 0 spiro atoms. The molecule has 3 aromatic heterocycles. The quantitative estimate of drug-likeness (QED) is 0.678. The molecule has 0 aliphatic heterocycles. The zero-order valence-electron chi connectivity index (χ0n) is 13.5. The number of anilines is 1. The normalized spacial score (nSPS) is 11.7. The number of nitriles is 1. The highest BCUT2D eigenvalue weighted by molar-refractivity contribution is 9.10. The van der Waals surface area contributed by atoms with E-state index in [9.17, 15) is 5.26 Å². The topological polar surface area (TPSA) is 105 Å². The van der Waals surface area contributed by atoms with Crippen molar-refractivity contribution in [2.75, 3.05) is 11.9 Å². The second-order valence-electron chi connectivity index (χ2n) is 5.28. The van der Waals surface area contributed by atoms with Gasteiger partial charge >= 0.3 is 0 Å². The molecule has 126 valence electrons. The van der Waals surface area contributed by atoms with Crippen LogP contribution in [0.3, 0.4) is 0 Å². The van der Waals surface area contributed by atoms with Gasteiger partial charge in [-0.05, 0) is 40.5 Å². The van der Waals surface area contributed by atoms with E-state index in [-0.39, 0.29) is 0 Å². The van der Waals surface area contributed by atoms with Crippen molar-refractivity contribution in [3.63, 3.8) is 0 Å². The van der Waals surface area contributed by atoms with Gasteiger partial charge in [-0.3, -0.25) is 9.67 Å². The second-order valence-corrected chi connectivity index (χ2v) is 6.13. The predicted molar refractivity (Wildman–Crippen MR) is 94.7 cm³/mol. The number of aromatic nitrogens is 6. The molecule has 0 radical (unpaired) electrons. The molecule has 25 heavy (non-hydrogen) atoms. The van der Waals surface area contributed by atoms with E-state index in [0.29, 0.717) is 30.4 Å². The van der Waals surface area contributed by atoms with Crippen LogP contribution in [-0.4, -0.2) is 36.3 Å². The highest BCUT2D eigenvalue weighted by Crippen LogP contribution is 2.29. The first kappa shape index (κ1) is 17.0.